The van der Waals surface area contributed by atoms with Gasteiger partial charge in [-0.2, -0.15) is 0 Å². The van der Waals surface area contributed by atoms with E-state index in [-0.39, 0.29) is 17.9 Å². The van der Waals surface area contributed by atoms with Gasteiger partial charge in [-0.25, -0.2) is 8.78 Å². The molecule has 2 aliphatic rings. The number of carbonyl (C=O) groups is 2. The molecule has 1 aliphatic carbocycles. The number of fused-ring (bicyclic) bond motifs is 3. The SMILES string of the molecule is Cc1ccc(C(=O)NC2CCN(CCCCC3(C(=O)NCC(F)(F)P)c4ccccc4-c4ccccc43)C2)cc1. The predicted molar refractivity (Wildman–Crippen MR) is 158 cm³/mol. The number of unbranched alkanes of at least 4 members (excludes halogenated alkanes) is 1. The normalized spacial score (nSPS) is 17.8. The van der Waals surface area contributed by atoms with Crippen molar-refractivity contribution in [1.29, 1.82) is 0 Å². The van der Waals surface area contributed by atoms with Gasteiger partial charge in [0.1, 0.15) is 5.41 Å². The third-order valence-electron chi connectivity index (χ3n) is 8.13. The first-order valence-electron chi connectivity index (χ1n) is 13.9. The standard InChI is InChI=1S/C32H36F2N3O2P/c1-22-12-14-23(15-13-22)29(38)36-24-16-19-37(20-24)18-7-6-17-31(30(39)35-21-32(33,34)40)27-10-4-2-8-25(27)26-9-3-5-11-28(26)31/h2-5,8-15,24H,6-7,16-21,40H2,1H3,(H,35,39)(H,36,38). The van der Waals surface area contributed by atoms with Gasteiger partial charge >= 0.3 is 0 Å². The lowest BCUT2D eigenvalue weighted by molar-refractivity contribution is -0.126. The molecule has 5 nitrogen and oxygen atoms in total. The van der Waals surface area contributed by atoms with Crippen molar-refractivity contribution < 1.29 is 18.4 Å². The highest BCUT2D eigenvalue weighted by Crippen LogP contribution is 2.51. The number of nitrogens with one attached hydrogen (secondary N) is 2. The van der Waals surface area contributed by atoms with E-state index in [1.165, 1.54) is 9.24 Å². The van der Waals surface area contributed by atoms with Crippen LogP contribution in [0.2, 0.25) is 0 Å². The maximum absolute atomic E-state index is 13.8. The second-order valence-corrected chi connectivity index (χ2v) is 11.9. The second kappa shape index (κ2) is 11.8. The largest absolute Gasteiger partial charge is 0.349 e. The fourth-order valence-electron chi connectivity index (χ4n) is 6.15. The van der Waals surface area contributed by atoms with E-state index >= 15 is 0 Å². The Balaban J connectivity index is 1.24. The number of benzene rings is 3. The van der Waals surface area contributed by atoms with Crippen LogP contribution in [-0.2, 0) is 10.2 Å². The van der Waals surface area contributed by atoms with Gasteiger partial charge in [0.2, 0.25) is 5.91 Å². The highest BCUT2D eigenvalue weighted by atomic mass is 31.0. The summed E-state index contributed by atoms with van der Waals surface area (Å²) in [5.74, 6) is -0.429. The van der Waals surface area contributed by atoms with Crippen molar-refractivity contribution >= 4 is 21.1 Å². The molecule has 1 fully saturated rings. The summed E-state index contributed by atoms with van der Waals surface area (Å²) in [6.07, 6.45) is 3.03. The number of rotatable bonds is 10. The summed E-state index contributed by atoms with van der Waals surface area (Å²) >= 11 is 0. The van der Waals surface area contributed by atoms with Crippen molar-refractivity contribution in [3.8, 4) is 11.1 Å². The van der Waals surface area contributed by atoms with Gasteiger partial charge in [-0.05, 0) is 67.1 Å². The van der Waals surface area contributed by atoms with Crippen LogP contribution in [0.15, 0.2) is 72.8 Å². The van der Waals surface area contributed by atoms with Gasteiger partial charge in [0.25, 0.3) is 11.6 Å². The summed E-state index contributed by atoms with van der Waals surface area (Å²) in [6.45, 7) is 3.81. The highest BCUT2D eigenvalue weighted by Gasteiger charge is 2.48. The minimum atomic E-state index is -3.07. The molecule has 8 heteroatoms. The smallest absolute Gasteiger partial charge is 0.275 e. The number of alkyl halides is 2. The first-order chi connectivity index (χ1) is 19.2. The van der Waals surface area contributed by atoms with Gasteiger partial charge in [-0.1, -0.05) is 81.9 Å². The van der Waals surface area contributed by atoms with Crippen molar-refractivity contribution in [3.63, 3.8) is 0 Å². The molecule has 3 aromatic rings. The topological polar surface area (TPSA) is 61.4 Å². The van der Waals surface area contributed by atoms with Gasteiger partial charge in [-0.15, -0.1) is 0 Å². The number of hydrogen-bond acceptors (Lipinski definition) is 3. The molecule has 0 saturated carbocycles. The van der Waals surface area contributed by atoms with Gasteiger partial charge in [-0.3, -0.25) is 9.59 Å². The Kier molecular flexibility index (Phi) is 8.34. The third-order valence-corrected chi connectivity index (χ3v) is 8.34. The van der Waals surface area contributed by atoms with Crippen molar-refractivity contribution in [2.75, 3.05) is 26.2 Å². The van der Waals surface area contributed by atoms with E-state index in [0.29, 0.717) is 12.0 Å². The summed E-state index contributed by atoms with van der Waals surface area (Å²) < 4.78 is 27.4. The zero-order valence-corrected chi connectivity index (χ0v) is 23.9. The molecule has 0 radical (unpaired) electrons. The molecule has 2 N–H and O–H groups in total. The Hall–Kier alpha value is -3.15. The van der Waals surface area contributed by atoms with E-state index < -0.39 is 17.6 Å². The fraction of sp³-hybridized carbons (Fsp3) is 0.375. The van der Waals surface area contributed by atoms with E-state index in [1.807, 2.05) is 79.7 Å². The van der Waals surface area contributed by atoms with Crippen LogP contribution in [-0.4, -0.2) is 54.6 Å². The summed E-state index contributed by atoms with van der Waals surface area (Å²) in [5.41, 5.74) is 1.42. The molecule has 210 valence electrons. The van der Waals surface area contributed by atoms with Crippen molar-refractivity contribution in [2.45, 2.75) is 49.7 Å². The lowest BCUT2D eigenvalue weighted by atomic mass is 9.73. The van der Waals surface area contributed by atoms with E-state index in [0.717, 1.165) is 66.7 Å². The number of aryl methyl sites for hydroxylation is 1. The Bertz CT molecular complexity index is 1330. The number of hydrogen-bond donors (Lipinski definition) is 2. The Morgan fingerprint density at radius 2 is 1.60 bits per heavy atom. The Morgan fingerprint density at radius 3 is 2.23 bits per heavy atom. The minimum Gasteiger partial charge on any atom is -0.349 e. The molecule has 1 heterocycles. The molecule has 5 rings (SSSR count). The van der Waals surface area contributed by atoms with Crippen LogP contribution in [0, 0.1) is 6.92 Å². The molecule has 3 aromatic carbocycles. The van der Waals surface area contributed by atoms with Gasteiger partial charge < -0.3 is 15.5 Å². The Labute approximate surface area is 236 Å². The van der Waals surface area contributed by atoms with E-state index in [9.17, 15) is 18.4 Å². The fourth-order valence-corrected chi connectivity index (χ4v) is 6.26. The predicted octanol–water partition coefficient (Wildman–Crippen LogP) is 5.52. The highest BCUT2D eigenvalue weighted by molar-refractivity contribution is 7.18. The van der Waals surface area contributed by atoms with Crippen molar-refractivity contribution in [1.82, 2.24) is 15.5 Å². The molecule has 1 saturated heterocycles. The quantitative estimate of drug-likeness (QED) is 0.252. The molecule has 1 aliphatic heterocycles. The van der Waals surface area contributed by atoms with Gasteiger partial charge in [0.05, 0.1) is 6.54 Å². The van der Waals surface area contributed by atoms with Crippen LogP contribution < -0.4 is 10.6 Å². The summed E-state index contributed by atoms with van der Waals surface area (Å²) in [4.78, 5) is 28.7. The minimum absolute atomic E-state index is 0.0468. The van der Waals surface area contributed by atoms with Crippen LogP contribution in [0.25, 0.3) is 11.1 Å². The van der Waals surface area contributed by atoms with E-state index in [2.05, 4.69) is 15.5 Å². The van der Waals surface area contributed by atoms with Crippen LogP contribution in [0.3, 0.4) is 0 Å². The van der Waals surface area contributed by atoms with Crippen LogP contribution in [0.1, 0.15) is 52.7 Å². The molecule has 2 amide bonds. The van der Waals surface area contributed by atoms with E-state index in [4.69, 9.17) is 0 Å². The molecule has 2 atom stereocenters. The lowest BCUT2D eigenvalue weighted by Gasteiger charge is -2.31. The maximum atomic E-state index is 13.8. The van der Waals surface area contributed by atoms with Crippen LogP contribution >= 0.6 is 9.24 Å². The second-order valence-electron chi connectivity index (χ2n) is 11.0. The first kappa shape index (κ1) is 28.4. The molecular weight excluding hydrogens is 527 g/mol. The van der Waals surface area contributed by atoms with Crippen LogP contribution in [0.4, 0.5) is 8.78 Å². The zero-order chi connectivity index (χ0) is 28.3. The number of carbonyl (C=O) groups excluding carboxylic acids is 2. The van der Waals surface area contributed by atoms with Crippen molar-refractivity contribution in [2.24, 2.45) is 0 Å². The zero-order valence-electron chi connectivity index (χ0n) is 22.8. The number of amides is 2. The molecular formula is C32H36F2N3O2P. The average molecular weight is 564 g/mol. The first-order valence-corrected chi connectivity index (χ1v) is 14.5. The molecule has 40 heavy (non-hydrogen) atoms. The maximum Gasteiger partial charge on any atom is 0.275 e. The van der Waals surface area contributed by atoms with Gasteiger partial charge in [0, 0.05) is 24.7 Å². The van der Waals surface area contributed by atoms with Crippen LogP contribution in [0.5, 0.6) is 0 Å². The lowest BCUT2D eigenvalue weighted by Crippen LogP contribution is -2.47. The summed E-state index contributed by atoms with van der Waals surface area (Å²) in [5, 5.41) is 5.70. The number of likely N-dealkylation sites (tertiary alicyclic amines) is 1. The summed E-state index contributed by atoms with van der Waals surface area (Å²) in [6, 6.07) is 23.3. The third kappa shape index (κ3) is 5.96. The molecule has 2 unspecified atom stereocenters. The van der Waals surface area contributed by atoms with E-state index in [1.54, 1.807) is 0 Å². The average Bonchev–Trinajstić information content (AvgIpc) is 3.50. The molecule has 0 bridgehead atoms. The Morgan fingerprint density at radius 1 is 0.975 bits per heavy atom. The molecule has 0 spiro atoms. The number of halogens is 2. The molecule has 0 aromatic heterocycles. The van der Waals surface area contributed by atoms with Crippen molar-refractivity contribution in [3.05, 3.63) is 95.1 Å². The number of nitrogens with zero attached hydrogens (tertiary/aromatic N) is 1. The summed E-state index contributed by atoms with van der Waals surface area (Å²) in [7, 11) is 1.50. The van der Waals surface area contributed by atoms with Gasteiger partial charge in [0.15, 0.2) is 0 Å². The monoisotopic (exact) mass is 563 g/mol.